The van der Waals surface area contributed by atoms with E-state index in [0.29, 0.717) is 22.9 Å². The standard InChI is InChI=1S/C44H34Cl2N14O18S6/c1-3-79(63,64)25-9-5-23(6-10-25)57-59-35-31(83(73,74)75)17-21-15-27(81(67,68)69)19-29(33(21)37(35)61)49-43-53-39(45)51-41(55-43)47-13-14-48-42-52-40(46)54-44(56-42)50-30-20-28(82(70,71)72)16-22-18-32(84(76,77)78)36(38(62)34(22)30)60-58-24-7-11-26(12-8-24)80(65,66)4-2/h3-12,15-20,61-62H,1-2,13-14H2,(H,67,68,69)(H,70,71,72)(H,73,74,75)(H,76,77,78)(H2,47,49,51,53,55)(H2,48,50,52,54,56). The Bertz CT molecular complexity index is 4550. The second-order valence-electron chi connectivity index (χ2n) is 16.6. The van der Waals surface area contributed by atoms with Gasteiger partial charge in [0.2, 0.25) is 34.4 Å². The fourth-order valence-electron chi connectivity index (χ4n) is 7.37. The van der Waals surface area contributed by atoms with Crippen LogP contribution in [0.15, 0.2) is 159 Å². The first kappa shape index (κ1) is 61.5. The van der Waals surface area contributed by atoms with E-state index in [4.69, 9.17) is 23.2 Å². The zero-order valence-electron chi connectivity index (χ0n) is 41.3. The van der Waals surface area contributed by atoms with Crippen molar-refractivity contribution in [2.75, 3.05) is 34.4 Å². The molecule has 0 unspecified atom stereocenters. The summed E-state index contributed by atoms with van der Waals surface area (Å²) in [4.78, 5) is 19.9. The van der Waals surface area contributed by atoms with Crippen LogP contribution in [-0.2, 0) is 60.1 Å². The molecule has 8 rings (SSSR count). The number of phenolic OH excluding ortho intramolecular Hbond substituents is 2. The van der Waals surface area contributed by atoms with E-state index >= 15 is 0 Å². The number of nitrogens with one attached hydrogen (secondary N) is 4. The summed E-state index contributed by atoms with van der Waals surface area (Å²) in [6.45, 7) is 6.21. The molecule has 84 heavy (non-hydrogen) atoms. The van der Waals surface area contributed by atoms with Gasteiger partial charge in [0, 0.05) is 34.7 Å². The lowest BCUT2D eigenvalue weighted by Gasteiger charge is -2.15. The van der Waals surface area contributed by atoms with Gasteiger partial charge in [0.15, 0.2) is 31.2 Å². The molecule has 0 atom stereocenters. The zero-order valence-corrected chi connectivity index (χ0v) is 47.7. The number of anilines is 6. The molecule has 0 aliphatic heterocycles. The second kappa shape index (κ2) is 23.3. The largest absolute Gasteiger partial charge is 0.505 e. The number of benzene rings is 6. The van der Waals surface area contributed by atoms with Crippen molar-refractivity contribution < 1.29 is 78.9 Å². The molecule has 0 spiro atoms. The highest BCUT2D eigenvalue weighted by Crippen LogP contribution is 2.47. The van der Waals surface area contributed by atoms with Crippen molar-refractivity contribution in [3.05, 3.63) is 119 Å². The molecule has 0 aliphatic carbocycles. The van der Waals surface area contributed by atoms with Crippen molar-refractivity contribution in [1.82, 2.24) is 29.9 Å². The van der Waals surface area contributed by atoms with Crippen LogP contribution in [-0.4, -0.2) is 122 Å². The summed E-state index contributed by atoms with van der Waals surface area (Å²) in [5, 5.41) is 48.0. The van der Waals surface area contributed by atoms with Crippen molar-refractivity contribution in [2.45, 2.75) is 29.4 Å². The van der Waals surface area contributed by atoms with Gasteiger partial charge in [-0.15, -0.1) is 10.2 Å². The average Bonchev–Trinajstić information content (AvgIpc) is 0.978. The van der Waals surface area contributed by atoms with Gasteiger partial charge in [0.05, 0.1) is 42.3 Å². The van der Waals surface area contributed by atoms with Gasteiger partial charge in [-0.05, 0) is 119 Å². The number of aromatic nitrogens is 6. The normalized spacial score (nSPS) is 12.7. The summed E-state index contributed by atoms with van der Waals surface area (Å²) in [6, 6.07) is 13.7. The number of rotatable bonds is 21. The van der Waals surface area contributed by atoms with Crippen molar-refractivity contribution in [3.8, 4) is 11.5 Å². The number of aromatic hydroxyl groups is 2. The van der Waals surface area contributed by atoms with Crippen LogP contribution < -0.4 is 21.3 Å². The second-order valence-corrected chi connectivity index (χ2v) is 26.7. The first-order valence-electron chi connectivity index (χ1n) is 22.4. The molecule has 0 amide bonds. The Morgan fingerprint density at radius 2 is 0.774 bits per heavy atom. The maximum atomic E-state index is 12.6. The van der Waals surface area contributed by atoms with E-state index in [1.165, 1.54) is 24.3 Å². The van der Waals surface area contributed by atoms with Crippen molar-refractivity contribution in [3.63, 3.8) is 0 Å². The number of azo groups is 2. The molecule has 0 saturated carbocycles. The van der Waals surface area contributed by atoms with Crippen LogP contribution in [0.1, 0.15) is 0 Å². The van der Waals surface area contributed by atoms with Gasteiger partial charge in [0.1, 0.15) is 21.2 Å². The van der Waals surface area contributed by atoms with Crippen LogP contribution in [0.5, 0.6) is 11.5 Å². The highest BCUT2D eigenvalue weighted by atomic mass is 35.5. The molecule has 8 aromatic rings. The van der Waals surface area contributed by atoms with Gasteiger partial charge in [-0.25, -0.2) is 16.8 Å². The molecule has 2 aromatic heterocycles. The Hall–Kier alpha value is -8.54. The summed E-state index contributed by atoms with van der Waals surface area (Å²) in [7, 11) is -28.5. The third kappa shape index (κ3) is 13.9. The summed E-state index contributed by atoms with van der Waals surface area (Å²) in [5.41, 5.74) is -2.80. The maximum absolute atomic E-state index is 12.6. The summed E-state index contributed by atoms with van der Waals surface area (Å²) >= 11 is 12.4. The smallest absolute Gasteiger partial charge is 0.296 e. The molecule has 10 N–H and O–H groups in total. The van der Waals surface area contributed by atoms with Crippen LogP contribution in [0.4, 0.5) is 57.9 Å². The van der Waals surface area contributed by atoms with E-state index in [1.807, 2.05) is 0 Å². The van der Waals surface area contributed by atoms with E-state index in [1.54, 1.807) is 0 Å². The molecule has 6 aromatic carbocycles. The Kier molecular flexibility index (Phi) is 17.0. The number of phenols is 2. The fraction of sp³-hybridized carbons (Fsp3) is 0.0455. The number of sulfone groups is 2. The lowest BCUT2D eigenvalue weighted by Crippen LogP contribution is -2.17. The molecule has 0 fully saturated rings. The maximum Gasteiger partial charge on any atom is 0.296 e. The molecule has 32 nitrogen and oxygen atoms in total. The third-order valence-electron chi connectivity index (χ3n) is 11.1. The predicted molar refractivity (Wildman–Crippen MR) is 300 cm³/mol. The molecule has 0 bridgehead atoms. The summed E-state index contributed by atoms with van der Waals surface area (Å²) in [5.74, 6) is -3.55. The topological polar surface area (TPSA) is 501 Å². The lowest BCUT2D eigenvalue weighted by molar-refractivity contribution is 0.471. The highest BCUT2D eigenvalue weighted by Gasteiger charge is 2.28. The van der Waals surface area contributed by atoms with Gasteiger partial charge >= 0.3 is 0 Å². The third-order valence-corrected chi connectivity index (χ3v) is 17.6. The summed E-state index contributed by atoms with van der Waals surface area (Å²) < 4.78 is 189. The van der Waals surface area contributed by atoms with Crippen LogP contribution in [0, 0.1) is 0 Å². The quantitative estimate of drug-likeness (QED) is 0.0187. The number of nitrogens with zero attached hydrogens (tertiary/aromatic N) is 10. The highest BCUT2D eigenvalue weighted by molar-refractivity contribution is 7.94. The van der Waals surface area contributed by atoms with E-state index < -0.39 is 158 Å². The number of hydrogen-bond donors (Lipinski definition) is 10. The molecular formula is C44H34Cl2N14O18S6. The van der Waals surface area contributed by atoms with E-state index in [0.717, 1.165) is 48.5 Å². The molecule has 438 valence electrons. The first-order valence-corrected chi connectivity index (χ1v) is 32.0. The van der Waals surface area contributed by atoms with Gasteiger partial charge in [-0.3, -0.25) is 18.2 Å². The van der Waals surface area contributed by atoms with Gasteiger partial charge in [-0.1, -0.05) is 13.2 Å². The molecule has 2 heterocycles. The molecule has 0 saturated heterocycles. The van der Waals surface area contributed by atoms with Crippen molar-refractivity contribution in [2.24, 2.45) is 20.5 Å². The number of hydrogen-bond acceptors (Lipinski definition) is 28. The van der Waals surface area contributed by atoms with Crippen LogP contribution >= 0.6 is 23.2 Å². The molecule has 0 radical (unpaired) electrons. The minimum Gasteiger partial charge on any atom is -0.505 e. The Labute approximate surface area is 483 Å². The van der Waals surface area contributed by atoms with Crippen LogP contribution in [0.3, 0.4) is 0 Å². The Morgan fingerprint density at radius 3 is 1.08 bits per heavy atom. The predicted octanol–water partition coefficient (Wildman–Crippen LogP) is 7.74. The monoisotopic (exact) mass is 1310 g/mol. The average molecular weight is 1310 g/mol. The fourth-order valence-corrected chi connectivity index (χ4v) is 11.5. The Balaban J connectivity index is 1.06. The van der Waals surface area contributed by atoms with E-state index in [-0.39, 0.29) is 46.2 Å². The molecule has 40 heteroatoms. The van der Waals surface area contributed by atoms with Gasteiger partial charge < -0.3 is 31.5 Å². The van der Waals surface area contributed by atoms with Crippen molar-refractivity contribution in [1.29, 1.82) is 0 Å². The Morgan fingerprint density at radius 1 is 0.440 bits per heavy atom. The zero-order chi connectivity index (χ0) is 61.5. The van der Waals surface area contributed by atoms with Crippen molar-refractivity contribution >= 4 is 163 Å². The van der Waals surface area contributed by atoms with E-state index in [9.17, 15) is 78.9 Å². The van der Waals surface area contributed by atoms with Crippen LogP contribution in [0.2, 0.25) is 10.6 Å². The van der Waals surface area contributed by atoms with Gasteiger partial charge in [0.25, 0.3) is 40.5 Å². The van der Waals surface area contributed by atoms with Crippen LogP contribution in [0.25, 0.3) is 21.5 Å². The first-order chi connectivity index (χ1) is 39.1. The molecule has 0 aliphatic rings. The minimum atomic E-state index is -5.29. The van der Waals surface area contributed by atoms with E-state index in [2.05, 4.69) is 84.8 Å². The summed E-state index contributed by atoms with van der Waals surface area (Å²) in [6.07, 6.45) is 0. The molecular weight excluding hydrogens is 1280 g/mol. The number of halogens is 2. The minimum absolute atomic E-state index is 0.0697. The SMILES string of the molecule is C=CS(=O)(=O)c1ccc(N=Nc2c(S(=O)(=O)O)cc3cc(S(=O)(=O)O)cc(Nc4nc(Cl)nc(NCCNc5nc(Cl)nc(Nc6cc(S(=O)(=O)O)cc7cc(S(=O)(=O)O)c(N=Nc8ccc(S(=O)(=O)C=C)cc8)c(O)c67)n5)n4)c3c2O)cc1. The lowest BCUT2D eigenvalue weighted by atomic mass is 10.1. The number of fused-ring (bicyclic) bond motifs is 2. The van der Waals surface area contributed by atoms with Gasteiger partial charge in [-0.2, -0.15) is 73.8 Å².